The third-order valence-electron chi connectivity index (χ3n) is 12.9. The summed E-state index contributed by atoms with van der Waals surface area (Å²) in [5, 5.41) is 0.997. The van der Waals surface area contributed by atoms with Gasteiger partial charge in [-0.25, -0.2) is 0 Å². The Labute approximate surface area is 386 Å². The fraction of sp³-hybridized carbons (Fsp3) is 0. The first-order valence-electron chi connectivity index (χ1n) is 22.4. The van der Waals surface area contributed by atoms with E-state index in [1.54, 1.807) is 0 Å². The second kappa shape index (κ2) is 15.5. The minimum Gasteiger partial charge on any atom is -0.456 e. The van der Waals surface area contributed by atoms with Gasteiger partial charge < -0.3 is 23.7 Å². The van der Waals surface area contributed by atoms with Crippen molar-refractivity contribution in [3.8, 4) is 67.5 Å². The standard InChI is InChI=1S/C61H38N2O4/c64-61-49-35-33-39(62-51-25-9-1-17-41(51)45-21-5-13-29-55(45)65-56-30-14-6-22-46(56)42-18-2-10-26-52(42)62)37-59(49)67-60-38-40(34-36-50(60)61)63-53-27-11-3-19-43(53)47-23-7-15-31-57(47)66-58-32-16-8-24-48(58)44-20-4-12-28-54(44)63/h1-38H. The topological polar surface area (TPSA) is 55.2 Å². The molecular weight excluding hydrogens is 825 g/mol. The van der Waals surface area contributed by atoms with Crippen molar-refractivity contribution in [3.05, 3.63) is 241 Å². The Hall–Kier alpha value is -9.13. The molecule has 6 nitrogen and oxygen atoms in total. The zero-order chi connectivity index (χ0) is 44.4. The largest absolute Gasteiger partial charge is 0.456 e. The number of rotatable bonds is 2. The van der Waals surface area contributed by atoms with Crippen LogP contribution in [0, 0.1) is 0 Å². The van der Waals surface area contributed by atoms with E-state index < -0.39 is 0 Å². The second-order valence-corrected chi connectivity index (χ2v) is 16.7. The molecule has 0 fully saturated rings. The third kappa shape index (κ3) is 6.30. The van der Waals surface area contributed by atoms with Crippen LogP contribution in [0.3, 0.4) is 0 Å². The maximum absolute atomic E-state index is 14.7. The molecule has 316 valence electrons. The van der Waals surface area contributed by atoms with Crippen LogP contribution in [0.2, 0.25) is 0 Å². The maximum atomic E-state index is 14.7. The first kappa shape index (κ1) is 38.3. The molecule has 0 bridgehead atoms. The molecule has 6 heteroatoms. The van der Waals surface area contributed by atoms with Crippen LogP contribution in [0.25, 0.3) is 66.4 Å². The highest BCUT2D eigenvalue weighted by Crippen LogP contribution is 2.52. The zero-order valence-electron chi connectivity index (χ0n) is 36.0. The quantitative estimate of drug-likeness (QED) is 0.161. The van der Waals surface area contributed by atoms with Gasteiger partial charge in [-0.2, -0.15) is 0 Å². The molecule has 0 atom stereocenters. The van der Waals surface area contributed by atoms with E-state index in [9.17, 15) is 4.79 Å². The van der Waals surface area contributed by atoms with Gasteiger partial charge in [-0.05, 0) is 72.8 Å². The number of hydrogen-bond donors (Lipinski definition) is 0. The van der Waals surface area contributed by atoms with Gasteiger partial charge in [0.15, 0.2) is 0 Å². The van der Waals surface area contributed by atoms with Gasteiger partial charge in [-0.3, -0.25) is 4.79 Å². The van der Waals surface area contributed by atoms with E-state index in [0.717, 1.165) is 102 Å². The molecule has 10 aromatic carbocycles. The van der Waals surface area contributed by atoms with Crippen molar-refractivity contribution in [3.63, 3.8) is 0 Å². The van der Waals surface area contributed by atoms with Crippen LogP contribution in [0.4, 0.5) is 34.1 Å². The lowest BCUT2D eigenvalue weighted by Gasteiger charge is -2.31. The maximum Gasteiger partial charge on any atom is 0.200 e. The summed E-state index contributed by atoms with van der Waals surface area (Å²) in [5.41, 5.74) is 14.1. The van der Waals surface area contributed by atoms with E-state index in [0.29, 0.717) is 21.9 Å². The Morgan fingerprint density at radius 1 is 0.284 bits per heavy atom. The first-order chi connectivity index (χ1) is 33.2. The lowest BCUT2D eigenvalue weighted by Crippen LogP contribution is -2.14. The number of benzene rings is 10. The number of ether oxygens (including phenoxy) is 2. The van der Waals surface area contributed by atoms with Crippen molar-refractivity contribution in [2.24, 2.45) is 0 Å². The molecule has 0 saturated heterocycles. The molecule has 2 aliphatic rings. The van der Waals surface area contributed by atoms with Gasteiger partial charge in [0.2, 0.25) is 5.43 Å². The number of fused-ring (bicyclic) bond motifs is 14. The van der Waals surface area contributed by atoms with Gasteiger partial charge >= 0.3 is 0 Å². The Bertz CT molecular complexity index is 3410. The third-order valence-corrected chi connectivity index (χ3v) is 12.9. The summed E-state index contributed by atoms with van der Waals surface area (Å²) in [6.07, 6.45) is 0. The number of hydrogen-bond acceptors (Lipinski definition) is 6. The van der Waals surface area contributed by atoms with Crippen LogP contribution in [-0.2, 0) is 0 Å². The summed E-state index contributed by atoms with van der Waals surface area (Å²) in [6.45, 7) is 0. The van der Waals surface area contributed by atoms with Crippen molar-refractivity contribution in [2.45, 2.75) is 0 Å². The lowest BCUT2D eigenvalue weighted by molar-refractivity contribution is 0.486. The summed E-state index contributed by atoms with van der Waals surface area (Å²) >= 11 is 0. The molecule has 0 aliphatic carbocycles. The van der Waals surface area contributed by atoms with Crippen molar-refractivity contribution in [2.75, 3.05) is 9.80 Å². The van der Waals surface area contributed by atoms with Crippen LogP contribution in [-0.4, -0.2) is 0 Å². The molecular formula is C61H38N2O4. The summed E-state index contributed by atoms with van der Waals surface area (Å²) < 4.78 is 20.5. The average Bonchev–Trinajstić information content (AvgIpc) is 3.38. The van der Waals surface area contributed by atoms with E-state index in [1.165, 1.54) is 0 Å². The van der Waals surface area contributed by atoms with E-state index in [2.05, 4.69) is 131 Å². The lowest BCUT2D eigenvalue weighted by atomic mass is 9.96. The Morgan fingerprint density at radius 3 is 0.866 bits per heavy atom. The SMILES string of the molecule is O=c1c2ccc(N3c4ccccc4-c4ccccc4Oc4ccccc4-c4ccccc43)cc2oc2cc(N3c4ccccc4-c4ccccc4Oc4ccccc4-c4ccccc43)ccc12. The van der Waals surface area contributed by atoms with Gasteiger partial charge in [0.25, 0.3) is 0 Å². The monoisotopic (exact) mass is 862 g/mol. The van der Waals surface area contributed by atoms with Crippen molar-refractivity contribution >= 4 is 56.1 Å². The Kier molecular flexibility index (Phi) is 8.89. The average molecular weight is 863 g/mol. The fourth-order valence-electron chi connectivity index (χ4n) is 9.86. The van der Waals surface area contributed by atoms with Crippen molar-refractivity contribution < 1.29 is 13.9 Å². The van der Waals surface area contributed by atoms with E-state index in [4.69, 9.17) is 13.9 Å². The van der Waals surface area contributed by atoms with Crippen LogP contribution >= 0.6 is 0 Å². The molecule has 67 heavy (non-hydrogen) atoms. The van der Waals surface area contributed by atoms with Crippen LogP contribution < -0.4 is 24.7 Å². The van der Waals surface area contributed by atoms with Gasteiger partial charge in [-0.15, -0.1) is 0 Å². The summed E-state index contributed by atoms with van der Waals surface area (Å²) in [5.74, 6) is 3.02. The smallest absolute Gasteiger partial charge is 0.200 e. The number of para-hydroxylation sites is 8. The molecule has 3 heterocycles. The predicted molar refractivity (Wildman–Crippen MR) is 271 cm³/mol. The predicted octanol–water partition coefficient (Wildman–Crippen LogP) is 16.8. The van der Waals surface area contributed by atoms with Crippen LogP contribution in [0.1, 0.15) is 0 Å². The van der Waals surface area contributed by atoms with Gasteiger partial charge in [0, 0.05) is 68.0 Å². The fourth-order valence-corrected chi connectivity index (χ4v) is 9.86. The Morgan fingerprint density at radius 2 is 0.552 bits per heavy atom. The summed E-state index contributed by atoms with van der Waals surface area (Å²) in [4.78, 5) is 19.2. The second-order valence-electron chi connectivity index (χ2n) is 16.7. The van der Waals surface area contributed by atoms with Crippen molar-refractivity contribution in [1.82, 2.24) is 0 Å². The summed E-state index contributed by atoms with van der Waals surface area (Å²) in [7, 11) is 0. The van der Waals surface area contributed by atoms with E-state index in [-0.39, 0.29) is 5.43 Å². The molecule has 13 rings (SSSR count). The van der Waals surface area contributed by atoms with Crippen molar-refractivity contribution in [1.29, 1.82) is 0 Å². The highest BCUT2D eigenvalue weighted by Gasteiger charge is 2.28. The molecule has 0 radical (unpaired) electrons. The number of anilines is 6. The minimum atomic E-state index is -0.0992. The van der Waals surface area contributed by atoms with Crippen LogP contribution in [0.15, 0.2) is 240 Å². The molecule has 0 amide bonds. The molecule has 0 unspecified atom stereocenters. The Balaban J connectivity index is 1.03. The molecule has 0 saturated carbocycles. The molecule has 11 aromatic rings. The minimum absolute atomic E-state index is 0.0992. The molecule has 2 aliphatic heterocycles. The zero-order valence-corrected chi connectivity index (χ0v) is 36.0. The highest BCUT2D eigenvalue weighted by molar-refractivity contribution is 6.01. The molecule has 1 aromatic heterocycles. The van der Waals surface area contributed by atoms with E-state index in [1.807, 2.05) is 109 Å². The van der Waals surface area contributed by atoms with Gasteiger partial charge in [0.05, 0.1) is 33.5 Å². The normalized spacial score (nSPS) is 12.4. The molecule has 0 spiro atoms. The van der Waals surface area contributed by atoms with Gasteiger partial charge in [-0.1, -0.05) is 146 Å². The van der Waals surface area contributed by atoms with Crippen LogP contribution in [0.5, 0.6) is 23.0 Å². The van der Waals surface area contributed by atoms with E-state index >= 15 is 0 Å². The first-order valence-corrected chi connectivity index (χ1v) is 22.4. The summed E-state index contributed by atoms with van der Waals surface area (Å²) in [6, 6.07) is 78.0. The van der Waals surface area contributed by atoms with Gasteiger partial charge in [0.1, 0.15) is 34.2 Å². The molecule has 0 N–H and O–H groups in total. The number of nitrogens with zero attached hydrogens (tertiary/aromatic N) is 2. The highest BCUT2D eigenvalue weighted by atomic mass is 16.5.